The average molecular weight is 716 g/mol. The van der Waals surface area contributed by atoms with E-state index in [1.54, 1.807) is 22.8 Å². The molecule has 1 N–H and O–H groups in total. The highest BCUT2D eigenvalue weighted by Crippen LogP contribution is 2.44. The summed E-state index contributed by atoms with van der Waals surface area (Å²) in [5.41, 5.74) is 7.71. The summed E-state index contributed by atoms with van der Waals surface area (Å²) < 4.78 is 7.76. The number of carbonyl (C=O) groups excluding carboxylic acids is 2. The van der Waals surface area contributed by atoms with Crippen LogP contribution in [0.15, 0.2) is 53.6 Å². The van der Waals surface area contributed by atoms with E-state index in [1.807, 2.05) is 13.2 Å². The van der Waals surface area contributed by atoms with Gasteiger partial charge < -0.3 is 29.3 Å². The smallest absolute Gasteiger partial charge is 0.259 e. The van der Waals surface area contributed by atoms with Crippen LogP contribution < -0.4 is 25.4 Å². The number of methoxy groups -OCH3 is 1. The highest BCUT2D eigenvalue weighted by atomic mass is 16.5. The number of amides is 2. The normalized spacial score (nSPS) is 21.1. The second-order valence-corrected chi connectivity index (χ2v) is 15.9. The van der Waals surface area contributed by atoms with Gasteiger partial charge in [-0.25, -0.2) is 4.98 Å². The summed E-state index contributed by atoms with van der Waals surface area (Å²) in [6.07, 6.45) is 9.65. The Morgan fingerprint density at radius 3 is 2.47 bits per heavy atom. The lowest BCUT2D eigenvalue weighted by Crippen LogP contribution is -2.60. The summed E-state index contributed by atoms with van der Waals surface area (Å²) in [5.74, 6) is 1.77. The maximum Gasteiger partial charge on any atom is 0.259 e. The first kappa shape index (κ1) is 33.9. The van der Waals surface area contributed by atoms with Gasteiger partial charge in [-0.3, -0.25) is 19.3 Å². The number of anilines is 2. The molecule has 0 saturated carbocycles. The maximum absolute atomic E-state index is 13.4. The molecule has 2 aromatic heterocycles. The fourth-order valence-electron chi connectivity index (χ4n) is 9.32. The van der Waals surface area contributed by atoms with Crippen LogP contribution in [0.5, 0.6) is 5.75 Å². The van der Waals surface area contributed by atoms with Gasteiger partial charge in [0.1, 0.15) is 17.6 Å². The molecular weight excluding hydrogens is 667 g/mol. The minimum atomic E-state index is -0.363. The third kappa shape index (κ3) is 5.84. The Hall–Kier alpha value is -4.90. The zero-order valence-electron chi connectivity index (χ0n) is 31.1. The lowest BCUT2D eigenvalue weighted by atomic mass is 9.71. The van der Waals surface area contributed by atoms with Crippen LogP contribution in [-0.4, -0.2) is 90.1 Å². The number of carbonyl (C=O) groups is 2. The second-order valence-electron chi connectivity index (χ2n) is 15.9. The van der Waals surface area contributed by atoms with Gasteiger partial charge in [0.25, 0.3) is 11.5 Å². The molecule has 4 fully saturated rings. The van der Waals surface area contributed by atoms with Crippen molar-refractivity contribution in [3.63, 3.8) is 0 Å². The fraction of sp³-hybridized carbons (Fsp3) is 0.476. The van der Waals surface area contributed by atoms with Crippen LogP contribution in [0.1, 0.15) is 66.1 Å². The number of piperidine rings is 2. The first-order valence-electron chi connectivity index (χ1n) is 19.4. The van der Waals surface area contributed by atoms with Gasteiger partial charge in [-0.15, -0.1) is 0 Å². The SMILES string of the molecule is CCc1cc(-c2cn(C)c(=O)c3cnc(N4CCC4)cc23)cc(OC)c1CN1CCC2(CC1)CN(c1ccc3c(c1)C(=O)N(C1CCCNC1=O)C3)C2. The minimum Gasteiger partial charge on any atom is -0.496 e. The van der Waals surface area contributed by atoms with Crippen molar-refractivity contribution >= 4 is 34.1 Å². The van der Waals surface area contributed by atoms with Crippen molar-refractivity contribution < 1.29 is 14.3 Å². The molecule has 1 atom stereocenters. The van der Waals surface area contributed by atoms with Crippen molar-refractivity contribution in [3.05, 3.63) is 81.4 Å². The van der Waals surface area contributed by atoms with E-state index < -0.39 is 0 Å². The minimum absolute atomic E-state index is 0.0151. The summed E-state index contributed by atoms with van der Waals surface area (Å²) in [6.45, 7) is 10.3. The van der Waals surface area contributed by atoms with Gasteiger partial charge in [0.15, 0.2) is 0 Å². The van der Waals surface area contributed by atoms with Crippen molar-refractivity contribution in [1.29, 1.82) is 0 Å². The Balaban J connectivity index is 0.883. The number of ether oxygens (including phenoxy) is 1. The van der Waals surface area contributed by atoms with E-state index in [1.165, 1.54) is 17.5 Å². The van der Waals surface area contributed by atoms with Gasteiger partial charge in [0, 0.05) is 98.4 Å². The second kappa shape index (κ2) is 13.2. The lowest BCUT2D eigenvalue weighted by molar-refractivity contribution is -0.127. The van der Waals surface area contributed by atoms with Crippen LogP contribution in [0.3, 0.4) is 0 Å². The maximum atomic E-state index is 13.4. The molecule has 1 unspecified atom stereocenters. The molecule has 2 amide bonds. The quantitative estimate of drug-likeness (QED) is 0.280. The van der Waals surface area contributed by atoms with Crippen LogP contribution in [0, 0.1) is 5.41 Å². The molecular formula is C42H49N7O4. The van der Waals surface area contributed by atoms with E-state index in [4.69, 9.17) is 4.74 Å². The molecule has 9 rings (SSSR count). The number of likely N-dealkylation sites (tertiary alicyclic amines) is 1. The summed E-state index contributed by atoms with van der Waals surface area (Å²) in [7, 11) is 3.57. The number of aryl methyl sites for hydroxylation is 2. The van der Waals surface area contributed by atoms with Gasteiger partial charge in [-0.2, -0.15) is 0 Å². The van der Waals surface area contributed by atoms with Crippen LogP contribution in [0.25, 0.3) is 21.9 Å². The number of aromatic nitrogens is 2. The molecule has 0 radical (unpaired) electrons. The summed E-state index contributed by atoms with van der Waals surface area (Å²) in [6, 6.07) is 12.5. The molecule has 53 heavy (non-hydrogen) atoms. The van der Waals surface area contributed by atoms with Gasteiger partial charge in [0.2, 0.25) is 5.91 Å². The number of pyridine rings is 2. The van der Waals surface area contributed by atoms with Crippen molar-refractivity contribution in [3.8, 4) is 16.9 Å². The van der Waals surface area contributed by atoms with Gasteiger partial charge in [0.05, 0.1) is 12.5 Å². The fourth-order valence-corrected chi connectivity index (χ4v) is 9.32. The number of benzene rings is 2. The number of fused-ring (bicyclic) bond motifs is 2. The van der Waals surface area contributed by atoms with Crippen molar-refractivity contribution in [2.75, 3.05) is 62.7 Å². The Bertz CT molecular complexity index is 2150. The van der Waals surface area contributed by atoms with E-state index in [0.29, 0.717) is 23.9 Å². The van der Waals surface area contributed by atoms with Gasteiger partial charge in [-0.05, 0) is 92.6 Å². The van der Waals surface area contributed by atoms with Crippen LogP contribution in [0.4, 0.5) is 11.5 Å². The Morgan fingerprint density at radius 2 is 1.75 bits per heavy atom. The molecule has 2 aromatic carbocycles. The number of hydrogen-bond donors (Lipinski definition) is 1. The Morgan fingerprint density at radius 1 is 0.943 bits per heavy atom. The predicted molar refractivity (Wildman–Crippen MR) is 207 cm³/mol. The summed E-state index contributed by atoms with van der Waals surface area (Å²) in [5, 5.41) is 4.49. The lowest BCUT2D eigenvalue weighted by Gasteiger charge is -2.55. The van der Waals surface area contributed by atoms with Crippen LogP contribution in [0.2, 0.25) is 0 Å². The molecule has 11 nitrogen and oxygen atoms in total. The molecule has 0 bridgehead atoms. The zero-order valence-corrected chi connectivity index (χ0v) is 31.1. The van der Waals surface area contributed by atoms with Crippen molar-refractivity contribution in [2.24, 2.45) is 12.5 Å². The number of nitrogens with one attached hydrogen (secondary N) is 1. The predicted octanol–water partition coefficient (Wildman–Crippen LogP) is 4.72. The van der Waals surface area contributed by atoms with E-state index in [0.717, 1.165) is 123 Å². The molecule has 7 heterocycles. The topological polar surface area (TPSA) is 103 Å². The number of hydrogen-bond acceptors (Lipinski definition) is 8. The third-order valence-electron chi connectivity index (χ3n) is 12.7. The standard InChI is InChI=1S/C42H49N7O4/c1-4-27-17-29(34-23-45(2)40(51)33-21-44-38(20-32(33)34)47-13-6-14-47)18-37(53-3)35(27)24-46-15-10-42(11-16-46)25-48(26-42)30-9-8-28-22-49(41(52)31(28)19-30)36-7-5-12-43-39(36)50/h8-9,17-21,23,36H,4-7,10-16,22,24-26H2,1-3H3,(H,43,50). The largest absolute Gasteiger partial charge is 0.496 e. The Labute approximate surface area is 310 Å². The van der Waals surface area contributed by atoms with Crippen molar-refractivity contribution in [1.82, 2.24) is 24.7 Å². The Kier molecular flexibility index (Phi) is 8.44. The van der Waals surface area contributed by atoms with E-state index in [-0.39, 0.29) is 23.4 Å². The summed E-state index contributed by atoms with van der Waals surface area (Å²) in [4.78, 5) is 52.7. The summed E-state index contributed by atoms with van der Waals surface area (Å²) >= 11 is 0. The molecule has 4 saturated heterocycles. The van der Waals surface area contributed by atoms with Crippen LogP contribution >= 0.6 is 0 Å². The van der Waals surface area contributed by atoms with Crippen LogP contribution in [-0.2, 0) is 31.4 Å². The first-order chi connectivity index (χ1) is 25.7. The number of nitrogens with zero attached hydrogens (tertiary/aromatic N) is 6. The highest BCUT2D eigenvalue weighted by molar-refractivity contribution is 6.02. The highest BCUT2D eigenvalue weighted by Gasteiger charge is 2.46. The van der Waals surface area contributed by atoms with Gasteiger partial charge >= 0.3 is 0 Å². The molecule has 11 heteroatoms. The average Bonchev–Trinajstić information content (AvgIpc) is 3.47. The third-order valence-corrected chi connectivity index (χ3v) is 12.7. The van der Waals surface area contributed by atoms with E-state index in [2.05, 4.69) is 68.3 Å². The van der Waals surface area contributed by atoms with E-state index >= 15 is 0 Å². The first-order valence-corrected chi connectivity index (χ1v) is 19.4. The van der Waals surface area contributed by atoms with Gasteiger partial charge in [-0.1, -0.05) is 19.1 Å². The molecule has 5 aliphatic heterocycles. The number of rotatable bonds is 8. The molecule has 5 aliphatic rings. The van der Waals surface area contributed by atoms with E-state index in [9.17, 15) is 14.4 Å². The monoisotopic (exact) mass is 715 g/mol. The zero-order chi connectivity index (χ0) is 36.4. The molecule has 4 aromatic rings. The van der Waals surface area contributed by atoms with Crippen molar-refractivity contribution in [2.45, 2.75) is 64.6 Å². The molecule has 276 valence electrons. The molecule has 0 aliphatic carbocycles. The molecule has 1 spiro atoms.